The third-order valence-corrected chi connectivity index (χ3v) is 9.30. The fourth-order valence-electron chi connectivity index (χ4n) is 6.72. The zero-order valence-electron chi connectivity index (χ0n) is 26.3. The van der Waals surface area contributed by atoms with Crippen LogP contribution in [0.3, 0.4) is 0 Å². The average molecular weight is 597 g/mol. The van der Waals surface area contributed by atoms with Crippen molar-refractivity contribution in [1.82, 2.24) is 24.8 Å². The van der Waals surface area contributed by atoms with Crippen molar-refractivity contribution in [2.75, 3.05) is 54.9 Å². The van der Waals surface area contributed by atoms with E-state index in [-0.39, 0.29) is 11.7 Å². The van der Waals surface area contributed by atoms with E-state index in [1.165, 1.54) is 0 Å². The molecule has 4 heterocycles. The standard InChI is InChI=1S/C34H44N8O2/c1-5-42(26-6-8-27(43)9-7-26)31-18-24(25-19-37-34(38-20-25)41-14-12-40(4)13-15-41)17-29-28(31)10-11-35-32(29)36-21-30-22(2)16-23(3)39-33(30)44/h10-11,16-20,26-27,43H,5-9,12-15,21H2,1-4H3,(H,35,36)(H,39,44). The molecule has 0 amide bonds. The van der Waals surface area contributed by atoms with Gasteiger partial charge in [-0.05, 0) is 88.9 Å². The highest BCUT2D eigenvalue weighted by Crippen LogP contribution is 2.38. The number of aromatic amines is 1. The van der Waals surface area contributed by atoms with E-state index in [2.05, 4.69) is 57.2 Å². The molecule has 10 heteroatoms. The van der Waals surface area contributed by atoms with Crippen molar-refractivity contribution in [3.05, 3.63) is 70.0 Å². The van der Waals surface area contributed by atoms with Crippen LogP contribution in [-0.2, 0) is 6.54 Å². The van der Waals surface area contributed by atoms with Gasteiger partial charge in [-0.2, -0.15) is 0 Å². The number of nitrogens with one attached hydrogen (secondary N) is 2. The number of aliphatic hydroxyl groups excluding tert-OH is 1. The molecule has 1 saturated carbocycles. The smallest absolute Gasteiger partial charge is 0.253 e. The van der Waals surface area contributed by atoms with Gasteiger partial charge in [0.15, 0.2) is 0 Å². The molecule has 44 heavy (non-hydrogen) atoms. The van der Waals surface area contributed by atoms with Crippen LogP contribution in [0.25, 0.3) is 21.9 Å². The van der Waals surface area contributed by atoms with Gasteiger partial charge >= 0.3 is 0 Å². The number of nitrogens with zero attached hydrogens (tertiary/aromatic N) is 6. The van der Waals surface area contributed by atoms with Crippen molar-refractivity contribution in [3.63, 3.8) is 0 Å². The number of benzene rings is 1. The number of H-pyrrole nitrogens is 1. The second-order valence-corrected chi connectivity index (χ2v) is 12.4. The van der Waals surface area contributed by atoms with Gasteiger partial charge in [-0.15, -0.1) is 0 Å². The van der Waals surface area contributed by atoms with Crippen LogP contribution < -0.4 is 20.7 Å². The summed E-state index contributed by atoms with van der Waals surface area (Å²) in [7, 11) is 2.14. The lowest BCUT2D eigenvalue weighted by atomic mass is 9.91. The molecule has 0 spiro atoms. The van der Waals surface area contributed by atoms with E-state index in [9.17, 15) is 9.90 Å². The zero-order valence-corrected chi connectivity index (χ0v) is 26.3. The van der Waals surface area contributed by atoms with Gasteiger partial charge in [-0.25, -0.2) is 15.0 Å². The third-order valence-electron chi connectivity index (χ3n) is 9.30. The second kappa shape index (κ2) is 12.9. The van der Waals surface area contributed by atoms with Crippen LogP contribution in [-0.4, -0.2) is 81.9 Å². The van der Waals surface area contributed by atoms with Gasteiger partial charge in [-0.3, -0.25) is 4.79 Å². The number of piperazine rings is 1. The molecule has 2 aliphatic rings. The zero-order chi connectivity index (χ0) is 30.8. The van der Waals surface area contributed by atoms with Gasteiger partial charge in [-0.1, -0.05) is 0 Å². The molecule has 1 aromatic carbocycles. The number of hydrogen-bond donors (Lipinski definition) is 3. The van der Waals surface area contributed by atoms with Crippen molar-refractivity contribution in [2.45, 2.75) is 65.1 Å². The largest absolute Gasteiger partial charge is 0.393 e. The Kier molecular flexibility index (Phi) is 8.81. The van der Waals surface area contributed by atoms with E-state index in [1.54, 1.807) is 0 Å². The molecule has 2 fully saturated rings. The summed E-state index contributed by atoms with van der Waals surface area (Å²) in [4.78, 5) is 37.1. The lowest BCUT2D eigenvalue weighted by Crippen LogP contribution is -2.45. The minimum Gasteiger partial charge on any atom is -0.393 e. The van der Waals surface area contributed by atoms with Crippen molar-refractivity contribution in [2.24, 2.45) is 0 Å². The number of fused-ring (bicyclic) bond motifs is 1. The SMILES string of the molecule is CCN(c1cc(-c2cnc(N3CCN(C)CC3)nc2)cc2c(NCc3c(C)cc(C)[nH]c3=O)nccc12)C1CCC(O)CC1. The maximum atomic E-state index is 12.8. The molecule has 0 unspecified atom stereocenters. The number of pyridine rings is 2. The summed E-state index contributed by atoms with van der Waals surface area (Å²) < 4.78 is 0. The fourth-order valence-corrected chi connectivity index (χ4v) is 6.72. The average Bonchev–Trinajstić information content (AvgIpc) is 3.02. The number of anilines is 3. The monoisotopic (exact) mass is 596 g/mol. The molecule has 10 nitrogen and oxygen atoms in total. The van der Waals surface area contributed by atoms with Crippen LogP contribution >= 0.6 is 0 Å². The number of likely N-dealkylation sites (N-methyl/N-ethyl adjacent to an activating group) is 1. The van der Waals surface area contributed by atoms with E-state index < -0.39 is 0 Å². The van der Waals surface area contributed by atoms with E-state index >= 15 is 0 Å². The van der Waals surface area contributed by atoms with Crippen molar-refractivity contribution >= 4 is 28.2 Å². The topological polar surface area (TPSA) is 114 Å². The van der Waals surface area contributed by atoms with Crippen LogP contribution in [0.1, 0.15) is 49.4 Å². The highest BCUT2D eigenvalue weighted by molar-refractivity contribution is 6.03. The minimum atomic E-state index is -0.211. The highest BCUT2D eigenvalue weighted by atomic mass is 16.3. The first-order chi connectivity index (χ1) is 21.3. The molecule has 0 atom stereocenters. The van der Waals surface area contributed by atoms with Crippen LogP contribution in [0.15, 0.2) is 47.7 Å². The predicted molar refractivity (Wildman–Crippen MR) is 178 cm³/mol. The summed E-state index contributed by atoms with van der Waals surface area (Å²) in [5.74, 6) is 1.50. The highest BCUT2D eigenvalue weighted by Gasteiger charge is 2.26. The van der Waals surface area contributed by atoms with Crippen molar-refractivity contribution in [1.29, 1.82) is 0 Å². The molecule has 6 rings (SSSR count). The molecular formula is C34H44N8O2. The van der Waals surface area contributed by atoms with Gasteiger partial charge in [0.05, 0.1) is 6.10 Å². The molecule has 0 bridgehead atoms. The minimum absolute atomic E-state index is 0.0779. The number of rotatable bonds is 8. The molecule has 1 aliphatic heterocycles. The van der Waals surface area contributed by atoms with Crippen LogP contribution in [0.2, 0.25) is 0 Å². The molecule has 3 N–H and O–H groups in total. The Labute approximate surface area is 259 Å². The first kappa shape index (κ1) is 30.0. The first-order valence-electron chi connectivity index (χ1n) is 15.9. The predicted octanol–water partition coefficient (Wildman–Crippen LogP) is 4.49. The van der Waals surface area contributed by atoms with Gasteiger partial charge < -0.3 is 30.1 Å². The van der Waals surface area contributed by atoms with E-state index in [0.717, 1.165) is 109 Å². The van der Waals surface area contributed by atoms with Gasteiger partial charge in [0.2, 0.25) is 5.95 Å². The summed E-state index contributed by atoms with van der Waals surface area (Å²) in [5, 5.41) is 15.8. The summed E-state index contributed by atoms with van der Waals surface area (Å²) in [6, 6.07) is 8.83. The third kappa shape index (κ3) is 6.27. The number of hydrogen-bond acceptors (Lipinski definition) is 9. The number of aryl methyl sites for hydroxylation is 2. The van der Waals surface area contributed by atoms with E-state index in [0.29, 0.717) is 18.2 Å². The number of aromatic nitrogens is 4. The van der Waals surface area contributed by atoms with Gasteiger partial charge in [0.25, 0.3) is 5.56 Å². The molecule has 3 aromatic heterocycles. The molecule has 4 aromatic rings. The Balaban J connectivity index is 1.40. The molecule has 0 radical (unpaired) electrons. The summed E-state index contributed by atoms with van der Waals surface area (Å²) in [5.41, 5.74) is 5.54. The summed E-state index contributed by atoms with van der Waals surface area (Å²) in [6.45, 7) is 11.1. The lowest BCUT2D eigenvalue weighted by molar-refractivity contribution is 0.122. The van der Waals surface area contributed by atoms with Gasteiger partial charge in [0, 0.05) is 97.2 Å². The van der Waals surface area contributed by atoms with Gasteiger partial charge in [0.1, 0.15) is 5.82 Å². The Morgan fingerprint density at radius 2 is 1.70 bits per heavy atom. The van der Waals surface area contributed by atoms with Crippen molar-refractivity contribution < 1.29 is 5.11 Å². The molecular weight excluding hydrogens is 552 g/mol. The fraction of sp³-hybridized carbons (Fsp3) is 0.471. The number of aliphatic hydroxyl groups is 1. The maximum Gasteiger partial charge on any atom is 0.253 e. The van der Waals surface area contributed by atoms with Crippen molar-refractivity contribution in [3.8, 4) is 11.1 Å². The normalized spacial score (nSPS) is 19.3. The Morgan fingerprint density at radius 3 is 2.39 bits per heavy atom. The maximum absolute atomic E-state index is 12.8. The van der Waals surface area contributed by atoms with E-state index in [1.807, 2.05) is 38.5 Å². The summed E-state index contributed by atoms with van der Waals surface area (Å²) in [6.07, 6.45) is 9.03. The lowest BCUT2D eigenvalue weighted by Gasteiger charge is -2.37. The molecule has 232 valence electrons. The second-order valence-electron chi connectivity index (χ2n) is 12.4. The quantitative estimate of drug-likeness (QED) is 0.271. The van der Waals surface area contributed by atoms with Crippen LogP contribution in [0.4, 0.5) is 17.5 Å². The van der Waals surface area contributed by atoms with E-state index in [4.69, 9.17) is 15.0 Å². The Bertz CT molecular complexity index is 1650. The molecule has 1 aliphatic carbocycles. The summed E-state index contributed by atoms with van der Waals surface area (Å²) >= 11 is 0. The van der Waals surface area contributed by atoms with Crippen LogP contribution in [0.5, 0.6) is 0 Å². The Hall–Kier alpha value is -4.02. The first-order valence-corrected chi connectivity index (χ1v) is 15.9. The van der Waals surface area contributed by atoms with Crippen LogP contribution in [0, 0.1) is 13.8 Å². The molecule has 1 saturated heterocycles. The Morgan fingerprint density at radius 1 is 0.977 bits per heavy atom.